The average Bonchev–Trinajstić information content (AvgIpc) is 2.63. The van der Waals surface area contributed by atoms with E-state index in [0.717, 1.165) is 5.76 Å². The van der Waals surface area contributed by atoms with Gasteiger partial charge in [-0.2, -0.15) is 0 Å². The molecule has 0 radical (unpaired) electrons. The van der Waals surface area contributed by atoms with Crippen molar-refractivity contribution in [3.05, 3.63) is 23.7 Å². The highest BCUT2D eigenvalue weighted by Gasteiger charge is 2.26. The minimum Gasteiger partial charge on any atom is -0.463 e. The van der Waals surface area contributed by atoms with E-state index in [9.17, 15) is 5.11 Å². The number of methoxy groups -OCH3 is 1. The molecule has 4 heteroatoms. The fourth-order valence-electron chi connectivity index (χ4n) is 1.49. The summed E-state index contributed by atoms with van der Waals surface area (Å²) >= 11 is 0. The van der Waals surface area contributed by atoms with Crippen LogP contribution in [0.15, 0.2) is 16.5 Å². The summed E-state index contributed by atoms with van der Waals surface area (Å²) in [6.45, 7) is 6.66. The molecular weight excluding hydrogens is 206 g/mol. The highest BCUT2D eigenvalue weighted by molar-refractivity contribution is 5.12. The molecule has 1 rings (SSSR count). The summed E-state index contributed by atoms with van der Waals surface area (Å²) in [5.74, 6) is 1.39. The van der Waals surface area contributed by atoms with Gasteiger partial charge in [-0.1, -0.05) is 0 Å². The van der Waals surface area contributed by atoms with Crippen molar-refractivity contribution in [2.24, 2.45) is 0 Å². The average molecular weight is 227 g/mol. The van der Waals surface area contributed by atoms with Gasteiger partial charge in [0.15, 0.2) is 0 Å². The lowest BCUT2D eigenvalue weighted by Crippen LogP contribution is -2.41. The van der Waals surface area contributed by atoms with Crippen LogP contribution in [-0.4, -0.2) is 31.4 Å². The molecule has 2 unspecified atom stereocenters. The van der Waals surface area contributed by atoms with Crippen LogP contribution in [-0.2, 0) is 10.3 Å². The molecule has 1 aromatic rings. The van der Waals surface area contributed by atoms with E-state index >= 15 is 0 Å². The summed E-state index contributed by atoms with van der Waals surface area (Å²) in [6, 6.07) is 3.85. The third kappa shape index (κ3) is 3.63. The fraction of sp³-hybridized carbons (Fsp3) is 0.667. The maximum Gasteiger partial charge on any atom is 0.136 e. The Hall–Kier alpha value is -0.840. The van der Waals surface area contributed by atoms with Crippen LogP contribution in [0, 0.1) is 6.92 Å². The first kappa shape index (κ1) is 13.2. The van der Waals surface area contributed by atoms with Gasteiger partial charge in [0.05, 0.1) is 6.61 Å². The Morgan fingerprint density at radius 1 is 1.56 bits per heavy atom. The monoisotopic (exact) mass is 227 g/mol. The number of nitrogens with one attached hydrogen (secondary N) is 1. The molecule has 0 saturated carbocycles. The van der Waals surface area contributed by atoms with Crippen molar-refractivity contribution >= 4 is 0 Å². The van der Waals surface area contributed by atoms with Gasteiger partial charge in [0.2, 0.25) is 0 Å². The van der Waals surface area contributed by atoms with E-state index in [4.69, 9.17) is 9.15 Å². The first-order valence-electron chi connectivity index (χ1n) is 5.47. The van der Waals surface area contributed by atoms with Crippen molar-refractivity contribution in [3.63, 3.8) is 0 Å². The van der Waals surface area contributed by atoms with Crippen molar-refractivity contribution in [2.45, 2.75) is 32.4 Å². The second-order valence-corrected chi connectivity index (χ2v) is 4.42. The van der Waals surface area contributed by atoms with Gasteiger partial charge in [0.25, 0.3) is 0 Å². The van der Waals surface area contributed by atoms with Gasteiger partial charge in [-0.25, -0.2) is 0 Å². The highest BCUT2D eigenvalue weighted by atomic mass is 16.5. The SMILES string of the molecule is COCC(C)NCC(C)(O)c1ccc(C)o1. The Morgan fingerprint density at radius 2 is 2.25 bits per heavy atom. The Kier molecular flexibility index (Phi) is 4.53. The Labute approximate surface area is 96.6 Å². The molecule has 0 saturated heterocycles. The number of aliphatic hydroxyl groups is 1. The number of furan rings is 1. The highest BCUT2D eigenvalue weighted by Crippen LogP contribution is 2.21. The van der Waals surface area contributed by atoms with Crippen LogP contribution in [0.3, 0.4) is 0 Å². The maximum atomic E-state index is 10.2. The summed E-state index contributed by atoms with van der Waals surface area (Å²) in [7, 11) is 1.66. The molecule has 0 aliphatic carbocycles. The van der Waals surface area contributed by atoms with Crippen molar-refractivity contribution in [1.29, 1.82) is 0 Å². The standard InChI is InChI=1S/C12H21NO3/c1-9(7-15-4)13-8-12(3,14)11-6-5-10(2)16-11/h5-6,9,13-14H,7-8H2,1-4H3. The molecule has 0 amide bonds. The topological polar surface area (TPSA) is 54.6 Å². The zero-order valence-electron chi connectivity index (χ0n) is 10.4. The van der Waals surface area contributed by atoms with Crippen LogP contribution < -0.4 is 5.32 Å². The zero-order valence-corrected chi connectivity index (χ0v) is 10.4. The second kappa shape index (κ2) is 5.48. The van der Waals surface area contributed by atoms with Crippen molar-refractivity contribution < 1.29 is 14.3 Å². The van der Waals surface area contributed by atoms with E-state index in [0.29, 0.717) is 18.9 Å². The van der Waals surface area contributed by atoms with Crippen LogP contribution in [0.1, 0.15) is 25.4 Å². The third-order valence-electron chi connectivity index (χ3n) is 2.48. The lowest BCUT2D eigenvalue weighted by atomic mass is 10.0. The van der Waals surface area contributed by atoms with Crippen molar-refractivity contribution in [1.82, 2.24) is 5.32 Å². The van der Waals surface area contributed by atoms with E-state index in [1.165, 1.54) is 0 Å². The van der Waals surface area contributed by atoms with Crippen molar-refractivity contribution in [2.75, 3.05) is 20.3 Å². The molecule has 1 heterocycles. The molecule has 92 valence electrons. The summed E-state index contributed by atoms with van der Waals surface area (Å²) in [5, 5.41) is 13.4. The van der Waals surface area contributed by atoms with Gasteiger partial charge in [0, 0.05) is 19.7 Å². The Bertz CT molecular complexity index is 320. The van der Waals surface area contributed by atoms with Gasteiger partial charge in [-0.3, -0.25) is 0 Å². The van der Waals surface area contributed by atoms with Gasteiger partial charge < -0.3 is 19.6 Å². The summed E-state index contributed by atoms with van der Waals surface area (Å²) in [5.41, 5.74) is -0.990. The van der Waals surface area contributed by atoms with Crippen LogP contribution in [0.4, 0.5) is 0 Å². The molecule has 0 aromatic carbocycles. The second-order valence-electron chi connectivity index (χ2n) is 4.42. The summed E-state index contributed by atoms with van der Waals surface area (Å²) < 4.78 is 10.4. The largest absolute Gasteiger partial charge is 0.463 e. The fourth-order valence-corrected chi connectivity index (χ4v) is 1.49. The molecular formula is C12H21NO3. The van der Waals surface area contributed by atoms with Crippen LogP contribution in [0.5, 0.6) is 0 Å². The molecule has 2 N–H and O–H groups in total. The van der Waals surface area contributed by atoms with E-state index < -0.39 is 5.60 Å². The summed E-state index contributed by atoms with van der Waals surface area (Å²) in [6.07, 6.45) is 0. The van der Waals surface area contributed by atoms with Gasteiger partial charge >= 0.3 is 0 Å². The number of ether oxygens (including phenoxy) is 1. The van der Waals surface area contributed by atoms with E-state index in [-0.39, 0.29) is 6.04 Å². The predicted molar refractivity (Wildman–Crippen MR) is 62.4 cm³/mol. The molecule has 0 aliphatic rings. The molecule has 4 nitrogen and oxygen atoms in total. The molecule has 0 spiro atoms. The van der Waals surface area contributed by atoms with Crippen molar-refractivity contribution in [3.8, 4) is 0 Å². The predicted octanol–water partition coefficient (Wildman–Crippen LogP) is 1.42. The van der Waals surface area contributed by atoms with Gasteiger partial charge in [0.1, 0.15) is 17.1 Å². The van der Waals surface area contributed by atoms with Gasteiger partial charge in [-0.15, -0.1) is 0 Å². The maximum absolute atomic E-state index is 10.2. The molecule has 16 heavy (non-hydrogen) atoms. The van der Waals surface area contributed by atoms with Crippen LogP contribution in [0.25, 0.3) is 0 Å². The number of hydrogen-bond donors (Lipinski definition) is 2. The lowest BCUT2D eigenvalue weighted by molar-refractivity contribution is 0.0281. The molecule has 2 atom stereocenters. The number of hydrogen-bond acceptors (Lipinski definition) is 4. The van der Waals surface area contributed by atoms with E-state index in [2.05, 4.69) is 5.32 Å². The molecule has 1 aromatic heterocycles. The van der Waals surface area contributed by atoms with Crippen LogP contribution in [0.2, 0.25) is 0 Å². The molecule has 0 bridgehead atoms. The zero-order chi connectivity index (χ0) is 12.2. The number of aryl methyl sites for hydroxylation is 1. The lowest BCUT2D eigenvalue weighted by Gasteiger charge is -2.23. The Morgan fingerprint density at radius 3 is 2.75 bits per heavy atom. The molecule has 0 fully saturated rings. The third-order valence-corrected chi connectivity index (χ3v) is 2.48. The van der Waals surface area contributed by atoms with E-state index in [1.54, 1.807) is 20.1 Å². The van der Waals surface area contributed by atoms with Gasteiger partial charge in [-0.05, 0) is 32.9 Å². The van der Waals surface area contributed by atoms with Crippen LogP contribution >= 0.6 is 0 Å². The number of rotatable bonds is 6. The molecule has 0 aliphatic heterocycles. The Balaban J connectivity index is 2.51. The normalized spacial score (nSPS) is 17.1. The smallest absolute Gasteiger partial charge is 0.136 e. The minimum atomic E-state index is -0.990. The minimum absolute atomic E-state index is 0.201. The quantitative estimate of drug-likeness (QED) is 0.771. The first-order valence-corrected chi connectivity index (χ1v) is 5.47. The summed E-state index contributed by atoms with van der Waals surface area (Å²) in [4.78, 5) is 0. The first-order chi connectivity index (χ1) is 7.45. The van der Waals surface area contributed by atoms with E-state index in [1.807, 2.05) is 19.9 Å².